The van der Waals surface area contributed by atoms with Gasteiger partial charge >= 0.3 is 11.7 Å². The van der Waals surface area contributed by atoms with Gasteiger partial charge in [0.15, 0.2) is 0 Å². The first-order valence-corrected chi connectivity index (χ1v) is 8.04. The van der Waals surface area contributed by atoms with Crippen LogP contribution in [0.2, 0.25) is 0 Å². The van der Waals surface area contributed by atoms with Crippen molar-refractivity contribution in [2.75, 3.05) is 13.1 Å². The molecule has 3 heterocycles. The summed E-state index contributed by atoms with van der Waals surface area (Å²) in [6.45, 7) is 3.27. The van der Waals surface area contributed by atoms with Crippen LogP contribution in [-0.4, -0.2) is 43.0 Å². The van der Waals surface area contributed by atoms with Gasteiger partial charge in [0.2, 0.25) is 5.82 Å². The topological polar surface area (TPSA) is 114 Å². The number of halogens is 1. The maximum Gasteiger partial charge on any atom is 0.341 e. The van der Waals surface area contributed by atoms with Crippen LogP contribution in [0.15, 0.2) is 35.0 Å². The number of hydrogen-bond acceptors (Lipinski definition) is 7. The molecule has 9 nitrogen and oxygen atoms in total. The van der Waals surface area contributed by atoms with Gasteiger partial charge in [-0.15, -0.1) is 12.4 Å². The number of benzene rings is 1. The van der Waals surface area contributed by atoms with Crippen molar-refractivity contribution in [1.82, 2.24) is 25.0 Å². The Bertz CT molecular complexity index is 886. The van der Waals surface area contributed by atoms with E-state index < -0.39 is 4.92 Å². The third-order valence-electron chi connectivity index (χ3n) is 4.20. The van der Waals surface area contributed by atoms with Crippen LogP contribution in [0.25, 0.3) is 23.1 Å². The van der Waals surface area contributed by atoms with E-state index in [9.17, 15) is 10.1 Å². The molecule has 0 unspecified atom stereocenters. The Hall–Kier alpha value is -2.78. The molecule has 1 N–H and O–H groups in total. The van der Waals surface area contributed by atoms with Crippen LogP contribution in [0.5, 0.6) is 0 Å². The van der Waals surface area contributed by atoms with Crippen LogP contribution in [-0.2, 0) is 6.54 Å². The smallest absolute Gasteiger partial charge is 0.341 e. The highest BCUT2D eigenvalue weighted by Gasteiger charge is 2.19. The lowest BCUT2D eigenvalue weighted by molar-refractivity contribution is -0.389. The Morgan fingerprint density at radius 3 is 2.62 bits per heavy atom. The van der Waals surface area contributed by atoms with Gasteiger partial charge in [-0.1, -0.05) is 29.4 Å². The molecule has 10 heteroatoms. The fraction of sp³-hybridized carbons (Fsp3) is 0.312. The largest absolute Gasteiger partial charge is 0.358 e. The minimum atomic E-state index is -0.563. The Labute approximate surface area is 155 Å². The summed E-state index contributed by atoms with van der Waals surface area (Å²) in [7, 11) is 0. The number of H-pyrrole nitrogens is 1. The van der Waals surface area contributed by atoms with Gasteiger partial charge in [-0.3, -0.25) is 4.90 Å². The Kier molecular flexibility index (Phi) is 5.29. The molecule has 0 spiro atoms. The van der Waals surface area contributed by atoms with Gasteiger partial charge in [-0.2, -0.15) is 4.98 Å². The number of aromatic amines is 1. The van der Waals surface area contributed by atoms with Crippen LogP contribution < -0.4 is 0 Å². The average Bonchev–Trinajstić information content (AvgIpc) is 3.36. The van der Waals surface area contributed by atoms with Crippen LogP contribution in [0, 0.1) is 10.1 Å². The normalized spacial score (nSPS) is 14.3. The van der Waals surface area contributed by atoms with Gasteiger partial charge in [0.05, 0.1) is 0 Å². The monoisotopic (exact) mass is 376 g/mol. The first-order valence-electron chi connectivity index (χ1n) is 8.04. The Morgan fingerprint density at radius 2 is 1.96 bits per heavy atom. The SMILES string of the molecule is Cl.O=[N+]([O-])c1cnc(-c2nc(-c3ccc(CN4CCCC4)cc3)no2)[nH]1. The average molecular weight is 377 g/mol. The molecule has 0 saturated carbocycles. The molecule has 1 aliphatic rings. The zero-order valence-corrected chi connectivity index (χ0v) is 14.6. The van der Waals surface area contributed by atoms with Crippen LogP contribution in [0.1, 0.15) is 18.4 Å². The van der Waals surface area contributed by atoms with Gasteiger partial charge in [-0.05, 0) is 36.4 Å². The van der Waals surface area contributed by atoms with Gasteiger partial charge in [0.1, 0.15) is 6.20 Å². The zero-order chi connectivity index (χ0) is 17.2. The molecule has 2 aromatic heterocycles. The second-order valence-electron chi connectivity index (χ2n) is 5.98. The van der Waals surface area contributed by atoms with Gasteiger partial charge in [-0.25, -0.2) is 9.97 Å². The molecule has 136 valence electrons. The number of aromatic nitrogens is 4. The first kappa shape index (κ1) is 18.0. The number of hydrogen-bond donors (Lipinski definition) is 1. The number of nitro groups is 1. The molecule has 0 bridgehead atoms. The maximum absolute atomic E-state index is 10.7. The fourth-order valence-electron chi connectivity index (χ4n) is 2.91. The second-order valence-corrected chi connectivity index (χ2v) is 5.98. The lowest BCUT2D eigenvalue weighted by Gasteiger charge is -2.14. The van der Waals surface area contributed by atoms with Gasteiger partial charge in [0, 0.05) is 12.1 Å². The van der Waals surface area contributed by atoms with E-state index in [0.29, 0.717) is 5.82 Å². The number of nitrogens with one attached hydrogen (secondary N) is 1. The summed E-state index contributed by atoms with van der Waals surface area (Å²) in [5, 5.41) is 14.6. The molecule has 26 heavy (non-hydrogen) atoms. The van der Waals surface area contributed by atoms with Crippen LogP contribution >= 0.6 is 12.4 Å². The van der Waals surface area contributed by atoms with E-state index in [2.05, 4.69) is 37.1 Å². The summed E-state index contributed by atoms with van der Waals surface area (Å²) >= 11 is 0. The van der Waals surface area contributed by atoms with Gasteiger partial charge < -0.3 is 14.6 Å². The number of nitrogens with zero attached hydrogens (tertiary/aromatic N) is 5. The second kappa shape index (κ2) is 7.63. The lowest BCUT2D eigenvalue weighted by atomic mass is 10.1. The van der Waals surface area contributed by atoms with Gasteiger partial charge in [0.25, 0.3) is 5.82 Å². The summed E-state index contributed by atoms with van der Waals surface area (Å²) in [4.78, 5) is 23.2. The molecular weight excluding hydrogens is 360 g/mol. The van der Waals surface area contributed by atoms with Crippen molar-refractivity contribution in [1.29, 1.82) is 0 Å². The molecule has 0 atom stereocenters. The predicted octanol–water partition coefficient (Wildman–Crippen LogP) is 3.05. The van der Waals surface area contributed by atoms with Crippen molar-refractivity contribution in [2.24, 2.45) is 0 Å². The van der Waals surface area contributed by atoms with E-state index in [-0.39, 0.29) is 29.9 Å². The van der Waals surface area contributed by atoms with E-state index >= 15 is 0 Å². The minimum Gasteiger partial charge on any atom is -0.358 e. The van der Waals surface area contributed by atoms with Crippen molar-refractivity contribution in [2.45, 2.75) is 19.4 Å². The molecule has 1 saturated heterocycles. The van der Waals surface area contributed by atoms with E-state index in [1.54, 1.807) is 0 Å². The van der Waals surface area contributed by atoms with Crippen molar-refractivity contribution < 1.29 is 9.45 Å². The lowest BCUT2D eigenvalue weighted by Crippen LogP contribution is -2.18. The summed E-state index contributed by atoms with van der Waals surface area (Å²) in [5.41, 5.74) is 2.07. The summed E-state index contributed by atoms with van der Waals surface area (Å²) < 4.78 is 5.15. The summed E-state index contributed by atoms with van der Waals surface area (Å²) in [6.07, 6.45) is 3.66. The van der Waals surface area contributed by atoms with E-state index in [4.69, 9.17) is 4.52 Å². The highest BCUT2D eigenvalue weighted by Crippen LogP contribution is 2.22. The third-order valence-corrected chi connectivity index (χ3v) is 4.20. The van der Waals surface area contributed by atoms with Crippen molar-refractivity contribution in [3.05, 3.63) is 46.1 Å². The minimum absolute atomic E-state index is 0. The Morgan fingerprint density at radius 1 is 1.23 bits per heavy atom. The van der Waals surface area contributed by atoms with Crippen LogP contribution in [0.3, 0.4) is 0 Å². The Balaban J connectivity index is 0.00000196. The molecule has 1 aliphatic heterocycles. The molecule has 4 rings (SSSR count). The van der Waals surface area contributed by atoms with E-state index in [1.807, 2.05) is 12.1 Å². The number of imidazole rings is 1. The van der Waals surface area contributed by atoms with Crippen molar-refractivity contribution in [3.63, 3.8) is 0 Å². The zero-order valence-electron chi connectivity index (χ0n) is 13.8. The predicted molar refractivity (Wildman–Crippen MR) is 95.7 cm³/mol. The molecule has 1 aromatic carbocycles. The third kappa shape index (κ3) is 3.73. The molecular formula is C16H17ClN6O3. The standard InChI is InChI=1S/C16H16N6O3.ClH/c23-22(24)13-9-17-15(18-13)16-19-14(20-25-16)12-5-3-11(4-6-12)10-21-7-1-2-8-21;/h3-6,9H,1-2,7-8,10H2,(H,17,18);1H. The van der Waals surface area contributed by atoms with Crippen LogP contribution in [0.4, 0.5) is 5.82 Å². The molecule has 0 aliphatic carbocycles. The molecule has 3 aromatic rings. The summed E-state index contributed by atoms with van der Waals surface area (Å²) in [6, 6.07) is 8.01. The quantitative estimate of drug-likeness (QED) is 0.537. The van der Waals surface area contributed by atoms with E-state index in [0.717, 1.165) is 31.4 Å². The maximum atomic E-state index is 10.7. The molecule has 0 radical (unpaired) electrons. The summed E-state index contributed by atoms with van der Waals surface area (Å²) in [5.74, 6) is 0.489. The highest BCUT2D eigenvalue weighted by atomic mass is 35.5. The van der Waals surface area contributed by atoms with Crippen molar-refractivity contribution in [3.8, 4) is 23.1 Å². The van der Waals surface area contributed by atoms with E-state index in [1.165, 1.54) is 18.4 Å². The fourth-order valence-corrected chi connectivity index (χ4v) is 2.91. The highest BCUT2D eigenvalue weighted by molar-refractivity contribution is 5.85. The van der Waals surface area contributed by atoms with Crippen molar-refractivity contribution >= 4 is 18.2 Å². The number of likely N-dealkylation sites (tertiary alicyclic amines) is 1. The number of rotatable bonds is 5. The molecule has 1 fully saturated rings. The first-order chi connectivity index (χ1) is 12.2. The molecule has 0 amide bonds.